The van der Waals surface area contributed by atoms with Crippen molar-refractivity contribution in [1.29, 1.82) is 0 Å². The fourth-order valence-electron chi connectivity index (χ4n) is 2.46. The molecule has 2 aromatic heterocycles. The summed E-state index contributed by atoms with van der Waals surface area (Å²) in [5.74, 6) is -0.455. The zero-order valence-corrected chi connectivity index (χ0v) is 15.7. The van der Waals surface area contributed by atoms with Crippen molar-refractivity contribution in [3.05, 3.63) is 65.4 Å². The van der Waals surface area contributed by atoms with Crippen LogP contribution in [0.5, 0.6) is 0 Å². The predicted octanol–water partition coefficient (Wildman–Crippen LogP) is 2.75. The third kappa shape index (κ3) is 4.84. The van der Waals surface area contributed by atoms with Crippen LogP contribution in [-0.2, 0) is 22.7 Å². The highest BCUT2D eigenvalue weighted by molar-refractivity contribution is 7.89. The Morgan fingerprint density at radius 1 is 1.21 bits per heavy atom. The topological polar surface area (TPSA) is 120 Å². The summed E-state index contributed by atoms with van der Waals surface area (Å²) in [6.07, 6.45) is -4.55. The number of alkyl halides is 3. The molecule has 0 aliphatic carbocycles. The highest BCUT2D eigenvalue weighted by atomic mass is 32.2. The Balaban J connectivity index is 1.70. The number of aromatic nitrogens is 2. The van der Waals surface area contributed by atoms with Crippen molar-refractivity contribution in [2.45, 2.75) is 24.5 Å². The lowest BCUT2D eigenvalue weighted by Gasteiger charge is -2.05. The van der Waals surface area contributed by atoms with Gasteiger partial charge in [-0.25, -0.2) is 13.6 Å². The first kappa shape index (κ1) is 20.6. The zero-order valence-electron chi connectivity index (χ0n) is 14.9. The average molecular weight is 428 g/mol. The molecule has 1 amide bonds. The van der Waals surface area contributed by atoms with Gasteiger partial charge < -0.3 is 9.73 Å². The van der Waals surface area contributed by atoms with E-state index in [4.69, 9.17) is 9.56 Å². The molecule has 3 N–H and O–H groups in total. The Kier molecular flexibility index (Phi) is 5.24. The van der Waals surface area contributed by atoms with E-state index in [9.17, 15) is 26.4 Å². The van der Waals surface area contributed by atoms with Gasteiger partial charge in [0.1, 0.15) is 5.76 Å². The summed E-state index contributed by atoms with van der Waals surface area (Å²) < 4.78 is 67.2. The summed E-state index contributed by atoms with van der Waals surface area (Å²) in [6.45, 7) is 1.39. The fraction of sp³-hybridized carbons (Fsp3) is 0.176. The molecule has 8 nitrogen and oxygen atoms in total. The van der Waals surface area contributed by atoms with E-state index >= 15 is 0 Å². The second-order valence-corrected chi connectivity index (χ2v) is 7.68. The maximum Gasteiger partial charge on any atom is 0.435 e. The molecule has 0 atom stereocenters. The van der Waals surface area contributed by atoms with E-state index in [0.717, 1.165) is 10.7 Å². The lowest BCUT2D eigenvalue weighted by atomic mass is 10.3. The minimum absolute atomic E-state index is 0.0728. The molecule has 0 aliphatic heterocycles. The van der Waals surface area contributed by atoms with E-state index in [2.05, 4.69) is 10.4 Å². The zero-order chi connectivity index (χ0) is 21.4. The number of nitrogens with two attached hydrogens (primary N) is 1. The normalized spacial score (nSPS) is 12.2. The lowest BCUT2D eigenvalue weighted by Crippen LogP contribution is -2.13. The van der Waals surface area contributed by atoms with E-state index in [1.807, 2.05) is 0 Å². The van der Waals surface area contributed by atoms with Crippen LogP contribution in [0.4, 0.5) is 18.9 Å². The maximum atomic E-state index is 12.7. The van der Waals surface area contributed by atoms with Crippen molar-refractivity contribution >= 4 is 21.6 Å². The van der Waals surface area contributed by atoms with Crippen molar-refractivity contribution < 1.29 is 30.8 Å². The van der Waals surface area contributed by atoms with Crippen LogP contribution < -0.4 is 10.5 Å². The molecule has 0 saturated heterocycles. The molecule has 0 aliphatic rings. The second kappa shape index (κ2) is 7.37. The number of nitrogens with one attached hydrogen (secondary N) is 1. The molecule has 3 rings (SSSR count). The molecule has 0 saturated carbocycles. The molecule has 3 aromatic rings. The summed E-state index contributed by atoms with van der Waals surface area (Å²) in [5.41, 5.74) is -0.421. The number of anilines is 1. The van der Waals surface area contributed by atoms with Gasteiger partial charge in [-0.2, -0.15) is 18.3 Å². The van der Waals surface area contributed by atoms with Crippen LogP contribution in [0.2, 0.25) is 0 Å². The van der Waals surface area contributed by atoms with Gasteiger partial charge >= 0.3 is 6.18 Å². The number of carbonyl (C=O) groups excluding carboxylic acids is 1. The van der Waals surface area contributed by atoms with Crippen LogP contribution in [0.15, 0.2) is 51.8 Å². The molecule has 2 heterocycles. The number of primary sulfonamides is 1. The van der Waals surface area contributed by atoms with Gasteiger partial charge in [0.15, 0.2) is 11.5 Å². The van der Waals surface area contributed by atoms with Gasteiger partial charge in [-0.15, -0.1) is 0 Å². The number of hydrogen-bond acceptors (Lipinski definition) is 5. The van der Waals surface area contributed by atoms with Gasteiger partial charge in [0.05, 0.1) is 11.4 Å². The summed E-state index contributed by atoms with van der Waals surface area (Å²) in [6, 6.07) is 8.91. The summed E-state index contributed by atoms with van der Waals surface area (Å²) in [4.78, 5) is 12.1. The molecule has 12 heteroatoms. The first-order valence-corrected chi connectivity index (χ1v) is 9.63. The summed E-state index contributed by atoms with van der Waals surface area (Å²) >= 11 is 0. The van der Waals surface area contributed by atoms with Gasteiger partial charge in [0.2, 0.25) is 10.0 Å². The fourth-order valence-corrected chi connectivity index (χ4v) is 2.98. The van der Waals surface area contributed by atoms with Crippen LogP contribution in [0.1, 0.15) is 27.7 Å². The molecule has 1 aromatic carbocycles. The smallest absolute Gasteiger partial charge is 0.435 e. The molecule has 0 bridgehead atoms. The number of sulfonamides is 1. The Bertz CT molecular complexity index is 1150. The quantitative estimate of drug-likeness (QED) is 0.647. The van der Waals surface area contributed by atoms with Crippen LogP contribution in [0.25, 0.3) is 0 Å². The number of rotatable bonds is 5. The number of benzene rings is 1. The number of halogens is 3. The molecule has 0 spiro atoms. The molecular weight excluding hydrogens is 413 g/mol. The number of carbonyl (C=O) groups is 1. The monoisotopic (exact) mass is 428 g/mol. The van der Waals surface area contributed by atoms with Crippen molar-refractivity contribution in [1.82, 2.24) is 9.78 Å². The first-order valence-electron chi connectivity index (χ1n) is 8.08. The van der Waals surface area contributed by atoms with Crippen LogP contribution in [0.3, 0.4) is 0 Å². The van der Waals surface area contributed by atoms with E-state index in [1.54, 1.807) is 0 Å². The Hall–Kier alpha value is -3.12. The predicted molar refractivity (Wildman–Crippen MR) is 95.5 cm³/mol. The Morgan fingerprint density at radius 2 is 1.86 bits per heavy atom. The minimum atomic E-state index is -4.55. The average Bonchev–Trinajstić information content (AvgIpc) is 3.22. The first-order chi connectivity index (χ1) is 13.4. The third-order valence-electron chi connectivity index (χ3n) is 3.90. The number of hydrogen-bond donors (Lipinski definition) is 2. The lowest BCUT2D eigenvalue weighted by molar-refractivity contribution is -0.141. The largest absolute Gasteiger partial charge is 0.454 e. The molecule has 154 valence electrons. The SMILES string of the molecule is Cc1cc(C(F)(F)F)nn1Cc1ccc(C(=O)Nc2ccc(S(N)(=O)=O)cc2)o1. The maximum absolute atomic E-state index is 12.7. The summed E-state index contributed by atoms with van der Waals surface area (Å²) in [5, 5.41) is 11.0. The van der Waals surface area contributed by atoms with E-state index in [1.165, 1.54) is 43.3 Å². The molecule has 0 unspecified atom stereocenters. The third-order valence-corrected chi connectivity index (χ3v) is 4.83. The number of nitrogens with zero attached hydrogens (tertiary/aromatic N) is 2. The van der Waals surface area contributed by atoms with Gasteiger partial charge in [0, 0.05) is 11.4 Å². The van der Waals surface area contributed by atoms with E-state index in [-0.39, 0.29) is 28.7 Å². The van der Waals surface area contributed by atoms with Crippen LogP contribution in [-0.4, -0.2) is 24.1 Å². The van der Waals surface area contributed by atoms with Gasteiger partial charge in [-0.1, -0.05) is 0 Å². The van der Waals surface area contributed by atoms with Gasteiger partial charge in [-0.05, 0) is 49.4 Å². The number of aryl methyl sites for hydroxylation is 1. The Labute approximate surface area is 163 Å². The van der Waals surface area contributed by atoms with Crippen molar-refractivity contribution in [3.8, 4) is 0 Å². The van der Waals surface area contributed by atoms with E-state index in [0.29, 0.717) is 5.69 Å². The molecule has 0 fully saturated rings. The second-order valence-electron chi connectivity index (χ2n) is 6.12. The summed E-state index contributed by atoms with van der Waals surface area (Å²) in [7, 11) is -3.85. The number of furan rings is 1. The molecular formula is C17H15F3N4O4S. The Morgan fingerprint density at radius 3 is 2.41 bits per heavy atom. The van der Waals surface area contributed by atoms with Crippen molar-refractivity contribution in [3.63, 3.8) is 0 Å². The highest BCUT2D eigenvalue weighted by Crippen LogP contribution is 2.28. The minimum Gasteiger partial charge on any atom is -0.454 e. The standard InChI is InChI=1S/C17H15F3N4O4S/c1-10-8-15(17(18,19)20)23-24(10)9-12-4-7-14(28-12)16(25)22-11-2-5-13(6-3-11)29(21,26)27/h2-8H,9H2,1H3,(H,22,25)(H2,21,26,27). The van der Waals surface area contributed by atoms with Gasteiger partial charge in [0.25, 0.3) is 5.91 Å². The molecule has 0 radical (unpaired) electrons. The number of amides is 1. The van der Waals surface area contributed by atoms with E-state index < -0.39 is 27.8 Å². The van der Waals surface area contributed by atoms with Gasteiger partial charge in [-0.3, -0.25) is 9.48 Å². The molecule has 29 heavy (non-hydrogen) atoms. The highest BCUT2D eigenvalue weighted by Gasteiger charge is 2.34. The van der Waals surface area contributed by atoms with Crippen molar-refractivity contribution in [2.75, 3.05) is 5.32 Å². The van der Waals surface area contributed by atoms with Crippen LogP contribution in [0, 0.1) is 6.92 Å². The van der Waals surface area contributed by atoms with Crippen LogP contribution >= 0.6 is 0 Å². The van der Waals surface area contributed by atoms with Crippen molar-refractivity contribution in [2.24, 2.45) is 5.14 Å².